The number of nitrogens with one attached hydrogen (secondary N) is 1. The summed E-state index contributed by atoms with van der Waals surface area (Å²) in [6, 6.07) is 10.8. The molecule has 0 fully saturated rings. The Morgan fingerprint density at radius 3 is 2.48 bits per heavy atom. The third-order valence-electron chi connectivity index (χ3n) is 5.25. The Hall–Kier alpha value is -2.74. The predicted octanol–water partition coefficient (Wildman–Crippen LogP) is 3.50. The van der Waals surface area contributed by atoms with Crippen LogP contribution >= 0.6 is 0 Å². The van der Waals surface area contributed by atoms with Crippen molar-refractivity contribution >= 4 is 21.6 Å². The number of fused-ring (bicyclic) bond motifs is 1. The van der Waals surface area contributed by atoms with Gasteiger partial charge in [0.05, 0.1) is 25.1 Å². The number of sulfonamides is 1. The molecular formula is C23H30N2O5S. The Bertz CT molecular complexity index is 1100. The number of carbonyl (C=O) groups excluding carboxylic acids is 1. The van der Waals surface area contributed by atoms with Gasteiger partial charge in [0, 0.05) is 12.0 Å². The first-order chi connectivity index (χ1) is 14.4. The maximum absolute atomic E-state index is 13.0. The fourth-order valence-electron chi connectivity index (χ4n) is 3.85. The van der Waals surface area contributed by atoms with Crippen molar-refractivity contribution in [2.75, 3.05) is 24.2 Å². The Kier molecular flexibility index (Phi) is 6.23. The van der Waals surface area contributed by atoms with E-state index in [2.05, 4.69) is 5.32 Å². The van der Waals surface area contributed by atoms with Crippen molar-refractivity contribution in [3.63, 3.8) is 0 Å². The topological polar surface area (TPSA) is 84.9 Å². The molecular weight excluding hydrogens is 416 g/mol. The minimum absolute atomic E-state index is 0.285. The first-order valence-electron chi connectivity index (χ1n) is 10.1. The number of amides is 1. The summed E-state index contributed by atoms with van der Waals surface area (Å²) in [5, 5.41) is 3.02. The zero-order valence-corrected chi connectivity index (χ0v) is 19.7. The number of hydrogen-bond donors (Lipinski definition) is 1. The minimum atomic E-state index is -3.73. The van der Waals surface area contributed by atoms with Gasteiger partial charge in [-0.2, -0.15) is 0 Å². The van der Waals surface area contributed by atoms with Crippen LogP contribution in [-0.2, 0) is 14.8 Å². The van der Waals surface area contributed by atoms with Gasteiger partial charge in [0.2, 0.25) is 15.9 Å². The van der Waals surface area contributed by atoms with Crippen LogP contribution in [0.2, 0.25) is 0 Å². The van der Waals surface area contributed by atoms with E-state index in [1.807, 2.05) is 52.0 Å². The van der Waals surface area contributed by atoms with Gasteiger partial charge in [-0.05, 0) is 51.5 Å². The Morgan fingerprint density at radius 1 is 1.19 bits per heavy atom. The van der Waals surface area contributed by atoms with E-state index in [1.54, 1.807) is 12.1 Å². The van der Waals surface area contributed by atoms with Crippen LogP contribution in [0.3, 0.4) is 0 Å². The average molecular weight is 447 g/mol. The molecule has 1 heterocycles. The maximum Gasteiger partial charge on any atom is 0.241 e. The van der Waals surface area contributed by atoms with E-state index in [-0.39, 0.29) is 12.6 Å². The maximum atomic E-state index is 13.0. The molecule has 1 atom stereocenters. The number of methoxy groups -OCH3 is 1. The summed E-state index contributed by atoms with van der Waals surface area (Å²) < 4.78 is 37.6. The van der Waals surface area contributed by atoms with Crippen molar-refractivity contribution in [3.8, 4) is 11.5 Å². The number of rotatable bonds is 6. The minimum Gasteiger partial charge on any atom is -0.495 e. The molecule has 31 heavy (non-hydrogen) atoms. The normalized spacial score (nSPS) is 17.3. The second kappa shape index (κ2) is 8.42. The van der Waals surface area contributed by atoms with Crippen molar-refractivity contribution in [1.82, 2.24) is 5.32 Å². The van der Waals surface area contributed by atoms with Gasteiger partial charge in [-0.25, -0.2) is 8.42 Å². The van der Waals surface area contributed by atoms with Crippen LogP contribution in [0.5, 0.6) is 11.5 Å². The Morgan fingerprint density at radius 2 is 1.84 bits per heavy atom. The molecule has 0 bridgehead atoms. The quantitative estimate of drug-likeness (QED) is 0.734. The lowest BCUT2D eigenvalue weighted by molar-refractivity contribution is -0.120. The number of anilines is 1. The van der Waals surface area contributed by atoms with Crippen LogP contribution in [0.4, 0.5) is 5.69 Å². The van der Waals surface area contributed by atoms with E-state index in [9.17, 15) is 13.2 Å². The van der Waals surface area contributed by atoms with E-state index in [4.69, 9.17) is 9.47 Å². The number of nitrogens with zero attached hydrogens (tertiary/aromatic N) is 1. The molecule has 0 spiro atoms. The van der Waals surface area contributed by atoms with Crippen molar-refractivity contribution in [1.29, 1.82) is 0 Å². The lowest BCUT2D eigenvalue weighted by Gasteiger charge is -2.38. The molecule has 1 N–H and O–H groups in total. The molecule has 3 rings (SSSR count). The van der Waals surface area contributed by atoms with E-state index < -0.39 is 21.5 Å². The summed E-state index contributed by atoms with van der Waals surface area (Å²) in [4.78, 5) is 13.0. The third-order valence-corrected chi connectivity index (χ3v) is 6.37. The molecule has 0 aliphatic carbocycles. The van der Waals surface area contributed by atoms with Gasteiger partial charge >= 0.3 is 0 Å². The summed E-state index contributed by atoms with van der Waals surface area (Å²) in [6.45, 7) is 7.42. The van der Waals surface area contributed by atoms with Crippen LogP contribution in [0.1, 0.15) is 43.0 Å². The number of benzene rings is 2. The third kappa shape index (κ3) is 5.31. The molecule has 0 saturated carbocycles. The Balaban J connectivity index is 1.89. The van der Waals surface area contributed by atoms with Crippen LogP contribution < -0.4 is 19.1 Å². The predicted molar refractivity (Wildman–Crippen MR) is 121 cm³/mol. The van der Waals surface area contributed by atoms with Crippen molar-refractivity contribution < 1.29 is 22.7 Å². The summed E-state index contributed by atoms with van der Waals surface area (Å²) in [7, 11) is -2.26. The van der Waals surface area contributed by atoms with Crippen LogP contribution in [0.15, 0.2) is 36.4 Å². The smallest absolute Gasteiger partial charge is 0.241 e. The van der Waals surface area contributed by atoms with E-state index >= 15 is 0 Å². The molecule has 0 aromatic heterocycles. The molecule has 2 aromatic rings. The number of carbonyl (C=O) groups is 1. The SMILES string of the molecule is COc1ccc(C)cc1N(CC(=O)NC1CC(C)(C)Oc2ccc(C)cc21)S(C)(=O)=O. The van der Waals surface area contributed by atoms with Gasteiger partial charge in [0.15, 0.2) is 0 Å². The van der Waals surface area contributed by atoms with Crippen molar-refractivity contribution in [2.24, 2.45) is 0 Å². The molecule has 8 heteroatoms. The molecule has 1 aliphatic heterocycles. The summed E-state index contributed by atoms with van der Waals surface area (Å²) in [5.74, 6) is 0.716. The van der Waals surface area contributed by atoms with Gasteiger partial charge in [-0.3, -0.25) is 9.10 Å². The lowest BCUT2D eigenvalue weighted by Crippen LogP contribution is -2.45. The second-order valence-electron chi connectivity index (χ2n) is 8.67. The first kappa shape index (κ1) is 22.9. The van der Waals surface area contributed by atoms with Crippen molar-refractivity contribution in [2.45, 2.75) is 45.8 Å². The fourth-order valence-corrected chi connectivity index (χ4v) is 4.70. The van der Waals surface area contributed by atoms with Gasteiger partial charge in [-0.1, -0.05) is 23.8 Å². The van der Waals surface area contributed by atoms with Crippen LogP contribution in [0.25, 0.3) is 0 Å². The lowest BCUT2D eigenvalue weighted by atomic mass is 9.89. The number of ether oxygens (including phenoxy) is 2. The van der Waals surface area contributed by atoms with E-state index in [0.29, 0.717) is 17.9 Å². The van der Waals surface area contributed by atoms with Gasteiger partial charge in [0.25, 0.3) is 0 Å². The van der Waals surface area contributed by atoms with Gasteiger partial charge in [-0.15, -0.1) is 0 Å². The molecule has 1 aliphatic rings. The second-order valence-corrected chi connectivity index (χ2v) is 10.6. The highest BCUT2D eigenvalue weighted by molar-refractivity contribution is 7.92. The fraction of sp³-hybridized carbons (Fsp3) is 0.435. The molecule has 2 aromatic carbocycles. The first-order valence-corrected chi connectivity index (χ1v) is 12.0. The molecule has 168 valence electrons. The molecule has 7 nitrogen and oxygen atoms in total. The summed E-state index contributed by atoms with van der Waals surface area (Å²) >= 11 is 0. The monoisotopic (exact) mass is 446 g/mol. The van der Waals surface area contributed by atoms with Crippen LogP contribution in [0, 0.1) is 13.8 Å². The van der Waals surface area contributed by atoms with Gasteiger partial charge < -0.3 is 14.8 Å². The highest BCUT2D eigenvalue weighted by atomic mass is 32.2. The highest BCUT2D eigenvalue weighted by Crippen LogP contribution is 2.40. The summed E-state index contributed by atoms with van der Waals surface area (Å²) in [5.41, 5.74) is 2.69. The van der Waals surface area contributed by atoms with Crippen LogP contribution in [-0.4, -0.2) is 39.8 Å². The standard InChI is InChI=1S/C23H30N2O5S/c1-15-7-9-20-17(11-15)18(13-23(3,4)30-20)24-22(26)14-25(31(6,27)28)19-12-16(2)8-10-21(19)29-5/h7-12,18H,13-14H2,1-6H3,(H,24,26). The van der Waals surface area contributed by atoms with Crippen molar-refractivity contribution in [3.05, 3.63) is 53.1 Å². The molecule has 0 saturated heterocycles. The van der Waals surface area contributed by atoms with E-state index in [1.165, 1.54) is 7.11 Å². The average Bonchev–Trinajstić information content (AvgIpc) is 2.65. The Labute approximate surface area is 184 Å². The summed E-state index contributed by atoms with van der Waals surface area (Å²) in [6.07, 6.45) is 1.65. The number of hydrogen-bond acceptors (Lipinski definition) is 5. The number of aryl methyl sites for hydroxylation is 2. The van der Waals surface area contributed by atoms with E-state index in [0.717, 1.165) is 33.0 Å². The molecule has 0 radical (unpaired) electrons. The highest BCUT2D eigenvalue weighted by Gasteiger charge is 2.35. The zero-order valence-electron chi connectivity index (χ0n) is 18.9. The van der Waals surface area contributed by atoms with Gasteiger partial charge in [0.1, 0.15) is 23.6 Å². The molecule has 1 amide bonds. The molecule has 1 unspecified atom stereocenters. The largest absolute Gasteiger partial charge is 0.495 e. The zero-order chi connectivity index (χ0) is 23.0.